The van der Waals surface area contributed by atoms with Crippen LogP contribution in [0, 0.1) is 12.8 Å². The molecule has 0 fully saturated rings. The number of nitrogens with zero attached hydrogens (tertiary/aromatic N) is 1. The van der Waals surface area contributed by atoms with E-state index in [0.29, 0.717) is 0 Å². The zero-order valence-corrected chi connectivity index (χ0v) is 8.78. The van der Waals surface area contributed by atoms with Crippen molar-refractivity contribution in [2.45, 2.75) is 27.3 Å². The smallest absolute Gasteiger partial charge is 0.251 e. The largest absolute Gasteiger partial charge is 0.308 e. The van der Waals surface area contributed by atoms with Gasteiger partial charge < -0.3 is 4.57 Å². The van der Waals surface area contributed by atoms with Gasteiger partial charge in [0.15, 0.2) is 5.78 Å². The summed E-state index contributed by atoms with van der Waals surface area (Å²) >= 11 is 0. The molecule has 0 amide bonds. The molecule has 0 spiro atoms. The lowest BCUT2D eigenvalue weighted by molar-refractivity contribution is -0.122. The molecule has 0 bridgehead atoms. The topological polar surface area (TPSA) is 39.1 Å². The van der Waals surface area contributed by atoms with Crippen LogP contribution in [0.3, 0.4) is 0 Å². The lowest BCUT2D eigenvalue weighted by Gasteiger charge is -2.06. The molecular weight excluding hydrogens is 178 g/mol. The molecule has 3 heteroatoms. The summed E-state index contributed by atoms with van der Waals surface area (Å²) in [6, 6.07) is 3.36. The second kappa shape index (κ2) is 4.22. The molecule has 0 saturated heterocycles. The Labute approximate surface area is 83.4 Å². The fourth-order valence-corrected chi connectivity index (χ4v) is 1.09. The van der Waals surface area contributed by atoms with E-state index in [2.05, 4.69) is 0 Å². The summed E-state index contributed by atoms with van der Waals surface area (Å²) in [5, 5.41) is 0. The van der Waals surface area contributed by atoms with Gasteiger partial charge in [-0.05, 0) is 18.6 Å². The molecule has 0 radical (unpaired) electrons. The van der Waals surface area contributed by atoms with Crippen molar-refractivity contribution in [3.05, 3.63) is 34.2 Å². The molecule has 0 unspecified atom stereocenters. The molecule has 0 aliphatic rings. The number of carbonyl (C=O) groups excluding carboxylic acids is 1. The minimum atomic E-state index is -0.112. The highest BCUT2D eigenvalue weighted by atomic mass is 16.1. The zero-order chi connectivity index (χ0) is 10.7. The SMILES string of the molecule is Cc1ccn(CC(=O)C(C)C)c(=O)c1. The van der Waals surface area contributed by atoms with Crippen LogP contribution in [0.15, 0.2) is 23.1 Å². The molecule has 1 heterocycles. The highest BCUT2D eigenvalue weighted by molar-refractivity contribution is 5.80. The molecule has 1 rings (SSSR count). The maximum Gasteiger partial charge on any atom is 0.251 e. The Kier molecular flexibility index (Phi) is 3.23. The molecule has 0 atom stereocenters. The van der Waals surface area contributed by atoms with Crippen molar-refractivity contribution in [1.29, 1.82) is 0 Å². The van der Waals surface area contributed by atoms with E-state index in [0.717, 1.165) is 5.56 Å². The fourth-order valence-electron chi connectivity index (χ4n) is 1.09. The number of hydrogen-bond donors (Lipinski definition) is 0. The van der Waals surface area contributed by atoms with Gasteiger partial charge in [0.1, 0.15) is 0 Å². The third-order valence-corrected chi connectivity index (χ3v) is 2.12. The first-order valence-electron chi connectivity index (χ1n) is 4.70. The van der Waals surface area contributed by atoms with Crippen LogP contribution in [0.2, 0.25) is 0 Å². The van der Waals surface area contributed by atoms with Gasteiger partial charge in [0.25, 0.3) is 5.56 Å². The highest BCUT2D eigenvalue weighted by Crippen LogP contribution is 1.97. The minimum Gasteiger partial charge on any atom is -0.308 e. The summed E-state index contributed by atoms with van der Waals surface area (Å²) in [6.07, 6.45) is 1.66. The predicted molar refractivity (Wildman–Crippen MR) is 55.3 cm³/mol. The summed E-state index contributed by atoms with van der Waals surface area (Å²) in [4.78, 5) is 22.8. The van der Waals surface area contributed by atoms with Crippen LogP contribution < -0.4 is 5.56 Å². The number of hydrogen-bond acceptors (Lipinski definition) is 2. The monoisotopic (exact) mass is 193 g/mol. The first-order chi connectivity index (χ1) is 6.50. The highest BCUT2D eigenvalue weighted by Gasteiger charge is 2.08. The Hall–Kier alpha value is -1.38. The maximum atomic E-state index is 11.4. The standard InChI is InChI=1S/C11H15NO2/c1-8(2)10(13)7-12-5-4-9(3)6-11(12)14/h4-6,8H,7H2,1-3H3. The van der Waals surface area contributed by atoms with Crippen molar-refractivity contribution in [2.75, 3.05) is 0 Å². The van der Waals surface area contributed by atoms with E-state index in [1.807, 2.05) is 26.8 Å². The quantitative estimate of drug-likeness (QED) is 0.727. The van der Waals surface area contributed by atoms with Crippen molar-refractivity contribution in [2.24, 2.45) is 5.92 Å². The lowest BCUT2D eigenvalue weighted by atomic mass is 10.1. The van der Waals surface area contributed by atoms with Crippen LogP contribution in [0.5, 0.6) is 0 Å². The number of pyridine rings is 1. The number of ketones is 1. The number of rotatable bonds is 3. The first kappa shape index (κ1) is 10.7. The number of Topliss-reactive ketones (excluding diaryl/α,β-unsaturated/α-hetero) is 1. The normalized spacial score (nSPS) is 10.6. The Morgan fingerprint density at radius 2 is 2.14 bits per heavy atom. The van der Waals surface area contributed by atoms with Gasteiger partial charge in [-0.2, -0.15) is 0 Å². The molecule has 76 valence electrons. The van der Waals surface area contributed by atoms with Crippen molar-refractivity contribution >= 4 is 5.78 Å². The van der Waals surface area contributed by atoms with Crippen molar-refractivity contribution in [3.63, 3.8) is 0 Å². The second-order valence-electron chi connectivity index (χ2n) is 3.79. The van der Waals surface area contributed by atoms with Gasteiger partial charge in [0.2, 0.25) is 0 Å². The van der Waals surface area contributed by atoms with Crippen LogP contribution in [0.4, 0.5) is 0 Å². The minimum absolute atomic E-state index is 0.0248. The summed E-state index contributed by atoms with van der Waals surface area (Å²) in [6.45, 7) is 5.70. The van der Waals surface area contributed by atoms with E-state index in [1.165, 1.54) is 10.6 Å². The molecule has 1 aromatic rings. The predicted octanol–water partition coefficient (Wildman–Crippen LogP) is 1.38. The van der Waals surface area contributed by atoms with Gasteiger partial charge in [0, 0.05) is 18.2 Å². The van der Waals surface area contributed by atoms with Gasteiger partial charge in [-0.25, -0.2) is 0 Å². The molecule has 0 N–H and O–H groups in total. The molecule has 1 aromatic heterocycles. The Morgan fingerprint density at radius 3 is 2.64 bits per heavy atom. The zero-order valence-electron chi connectivity index (χ0n) is 8.78. The maximum absolute atomic E-state index is 11.4. The van der Waals surface area contributed by atoms with Crippen molar-refractivity contribution in [1.82, 2.24) is 4.57 Å². The molecule has 0 saturated carbocycles. The van der Waals surface area contributed by atoms with Gasteiger partial charge in [-0.1, -0.05) is 13.8 Å². The fraction of sp³-hybridized carbons (Fsp3) is 0.455. The average Bonchev–Trinajstić information content (AvgIpc) is 2.09. The second-order valence-corrected chi connectivity index (χ2v) is 3.79. The number of carbonyl (C=O) groups is 1. The number of aryl methyl sites for hydroxylation is 1. The van der Waals surface area contributed by atoms with Crippen LogP contribution in [-0.2, 0) is 11.3 Å². The molecule has 0 aliphatic heterocycles. The third kappa shape index (κ3) is 2.55. The van der Waals surface area contributed by atoms with Gasteiger partial charge in [0.05, 0.1) is 6.54 Å². The summed E-state index contributed by atoms with van der Waals surface area (Å²) in [7, 11) is 0. The molecule has 0 aliphatic carbocycles. The van der Waals surface area contributed by atoms with Crippen LogP contribution >= 0.6 is 0 Å². The first-order valence-corrected chi connectivity index (χ1v) is 4.70. The van der Waals surface area contributed by atoms with E-state index in [9.17, 15) is 9.59 Å². The van der Waals surface area contributed by atoms with Crippen molar-refractivity contribution < 1.29 is 4.79 Å². The van der Waals surface area contributed by atoms with E-state index >= 15 is 0 Å². The average molecular weight is 193 g/mol. The van der Waals surface area contributed by atoms with Crippen LogP contribution in [0.25, 0.3) is 0 Å². The Balaban J connectivity index is 2.88. The van der Waals surface area contributed by atoms with E-state index in [1.54, 1.807) is 6.20 Å². The van der Waals surface area contributed by atoms with Crippen molar-refractivity contribution in [3.8, 4) is 0 Å². The molecule has 14 heavy (non-hydrogen) atoms. The van der Waals surface area contributed by atoms with E-state index in [4.69, 9.17) is 0 Å². The third-order valence-electron chi connectivity index (χ3n) is 2.12. The lowest BCUT2D eigenvalue weighted by Crippen LogP contribution is -2.25. The van der Waals surface area contributed by atoms with Gasteiger partial charge in [-0.15, -0.1) is 0 Å². The summed E-state index contributed by atoms with van der Waals surface area (Å²) in [5.41, 5.74) is 0.808. The Bertz CT molecular complexity index is 391. The molecule has 3 nitrogen and oxygen atoms in total. The van der Waals surface area contributed by atoms with Gasteiger partial charge in [-0.3, -0.25) is 9.59 Å². The summed E-state index contributed by atoms with van der Waals surface area (Å²) in [5.74, 6) is 0.0548. The van der Waals surface area contributed by atoms with E-state index < -0.39 is 0 Å². The Morgan fingerprint density at radius 1 is 1.50 bits per heavy atom. The van der Waals surface area contributed by atoms with E-state index in [-0.39, 0.29) is 23.8 Å². The van der Waals surface area contributed by atoms with Crippen LogP contribution in [0.1, 0.15) is 19.4 Å². The summed E-state index contributed by atoms with van der Waals surface area (Å²) < 4.78 is 1.44. The van der Waals surface area contributed by atoms with Gasteiger partial charge >= 0.3 is 0 Å². The molecular formula is C11H15NO2. The number of aromatic nitrogens is 1. The molecule has 0 aromatic carbocycles. The van der Waals surface area contributed by atoms with Crippen LogP contribution in [-0.4, -0.2) is 10.4 Å².